The Hall–Kier alpha value is -4.57. The summed E-state index contributed by atoms with van der Waals surface area (Å²) < 4.78 is 54.3. The second kappa shape index (κ2) is 14.9. The lowest BCUT2D eigenvalue weighted by atomic mass is 10.0. The van der Waals surface area contributed by atoms with Crippen LogP contribution in [0.4, 0.5) is 17.6 Å². The number of carbonyl (C=O) groups is 1. The van der Waals surface area contributed by atoms with E-state index in [0.717, 1.165) is 54.0 Å². The molecular weight excluding hydrogens is 608 g/mol. The van der Waals surface area contributed by atoms with Gasteiger partial charge >= 0.3 is 6.18 Å². The first-order chi connectivity index (χ1) is 22.5. The molecule has 0 unspecified atom stereocenters. The van der Waals surface area contributed by atoms with E-state index >= 15 is 0 Å². The molecule has 0 fully saturated rings. The summed E-state index contributed by atoms with van der Waals surface area (Å²) in [6.45, 7) is 7.34. The van der Waals surface area contributed by atoms with Gasteiger partial charge in [0.25, 0.3) is 5.56 Å². The van der Waals surface area contributed by atoms with Gasteiger partial charge in [0.2, 0.25) is 5.91 Å². The van der Waals surface area contributed by atoms with E-state index in [9.17, 15) is 27.2 Å². The van der Waals surface area contributed by atoms with Gasteiger partial charge in [-0.2, -0.15) is 18.2 Å². The van der Waals surface area contributed by atoms with Crippen LogP contribution in [0.15, 0.2) is 77.6 Å². The zero-order chi connectivity index (χ0) is 33.6. The molecule has 246 valence electrons. The van der Waals surface area contributed by atoms with Gasteiger partial charge < -0.3 is 14.4 Å². The Morgan fingerprint density at radius 3 is 2.13 bits per heavy atom. The van der Waals surface area contributed by atoms with Crippen molar-refractivity contribution in [1.29, 1.82) is 0 Å². The van der Waals surface area contributed by atoms with Gasteiger partial charge in [-0.3, -0.25) is 9.59 Å². The quantitative estimate of drug-likeness (QED) is 0.154. The van der Waals surface area contributed by atoms with Gasteiger partial charge in [0.15, 0.2) is 0 Å². The number of aromatic nitrogens is 2. The van der Waals surface area contributed by atoms with Crippen molar-refractivity contribution in [2.75, 3.05) is 26.2 Å². The van der Waals surface area contributed by atoms with Gasteiger partial charge in [-0.25, -0.2) is 4.39 Å². The minimum Gasteiger partial charge on any atom is -0.336 e. The number of rotatable bonds is 12. The van der Waals surface area contributed by atoms with E-state index in [4.69, 9.17) is 0 Å². The maximum Gasteiger partial charge on any atom is 0.416 e. The molecule has 0 saturated carbocycles. The van der Waals surface area contributed by atoms with Gasteiger partial charge in [0.1, 0.15) is 18.2 Å². The molecule has 1 aliphatic rings. The fraction of sp³-hybridized carbons (Fsp3) is 0.324. The van der Waals surface area contributed by atoms with E-state index in [1.165, 1.54) is 24.3 Å². The number of likely N-dealkylation sites (N-methyl/N-ethyl adjacent to an activating group) is 1. The fourth-order valence-corrected chi connectivity index (χ4v) is 5.88. The second-order valence-corrected chi connectivity index (χ2v) is 11.6. The molecule has 0 bridgehead atoms. The fourth-order valence-electron chi connectivity index (χ4n) is 5.88. The highest BCUT2D eigenvalue weighted by Gasteiger charge is 2.30. The molecule has 0 aliphatic heterocycles. The highest BCUT2D eigenvalue weighted by molar-refractivity contribution is 5.77. The molecule has 47 heavy (non-hydrogen) atoms. The number of hydrogen-bond donors (Lipinski definition) is 0. The van der Waals surface area contributed by atoms with Crippen LogP contribution in [0.2, 0.25) is 0 Å². The number of halogens is 4. The standard InChI is InChI=1S/C37H38F4N4O2/c1-3-43(4-2)22-23-44(24-27-8-13-28(14-9-27)29-15-17-30(18-16-29)37(39,40)41)35(46)25-45-33-7-5-6-32(33)36(47)42-34(45)21-12-26-10-19-31(38)20-11-26/h8-21H,3-7,22-25H2,1-2H3. The number of nitrogens with zero attached hydrogens (tertiary/aromatic N) is 4. The summed E-state index contributed by atoms with van der Waals surface area (Å²) in [7, 11) is 0. The highest BCUT2D eigenvalue weighted by Crippen LogP contribution is 2.31. The van der Waals surface area contributed by atoms with Crippen LogP contribution in [0, 0.1) is 5.82 Å². The van der Waals surface area contributed by atoms with Gasteiger partial charge in [-0.1, -0.05) is 68.5 Å². The minimum absolute atomic E-state index is 0.000587. The summed E-state index contributed by atoms with van der Waals surface area (Å²) in [5.74, 6) is -0.0998. The summed E-state index contributed by atoms with van der Waals surface area (Å²) in [4.78, 5) is 35.3. The molecule has 0 atom stereocenters. The lowest BCUT2D eigenvalue weighted by molar-refractivity contribution is -0.137. The molecular formula is C37H38F4N4O2. The summed E-state index contributed by atoms with van der Waals surface area (Å²) in [5.41, 5.74) is 3.54. The van der Waals surface area contributed by atoms with Crippen molar-refractivity contribution in [3.05, 3.63) is 123 Å². The van der Waals surface area contributed by atoms with Crippen molar-refractivity contribution in [3.63, 3.8) is 0 Å². The molecule has 1 aliphatic carbocycles. The van der Waals surface area contributed by atoms with Crippen molar-refractivity contribution in [3.8, 4) is 11.1 Å². The van der Waals surface area contributed by atoms with Crippen LogP contribution in [-0.4, -0.2) is 51.4 Å². The van der Waals surface area contributed by atoms with Crippen molar-refractivity contribution in [2.45, 2.75) is 52.4 Å². The zero-order valence-electron chi connectivity index (χ0n) is 26.6. The molecule has 6 nitrogen and oxygen atoms in total. The number of carbonyl (C=O) groups excluding carboxylic acids is 1. The van der Waals surface area contributed by atoms with E-state index < -0.39 is 11.7 Å². The Morgan fingerprint density at radius 2 is 1.51 bits per heavy atom. The van der Waals surface area contributed by atoms with E-state index in [0.29, 0.717) is 49.4 Å². The monoisotopic (exact) mass is 646 g/mol. The maximum absolute atomic E-state index is 14.1. The zero-order valence-corrected chi connectivity index (χ0v) is 26.6. The van der Waals surface area contributed by atoms with Gasteiger partial charge in [-0.15, -0.1) is 0 Å². The lowest BCUT2D eigenvalue weighted by Crippen LogP contribution is -2.40. The molecule has 1 heterocycles. The van der Waals surface area contributed by atoms with Crippen LogP contribution >= 0.6 is 0 Å². The molecule has 5 rings (SSSR count). The van der Waals surface area contributed by atoms with E-state index in [1.54, 1.807) is 29.2 Å². The Kier molecular flexibility index (Phi) is 10.7. The van der Waals surface area contributed by atoms with Gasteiger partial charge in [0, 0.05) is 30.9 Å². The summed E-state index contributed by atoms with van der Waals surface area (Å²) in [6, 6.07) is 18.5. The SMILES string of the molecule is CCN(CC)CCN(Cc1ccc(-c2ccc(C(F)(F)F)cc2)cc1)C(=O)Cn1c(C=Cc2ccc(F)cc2)nc(=O)c2c1CCC2. The summed E-state index contributed by atoms with van der Waals surface area (Å²) in [6.07, 6.45) is 1.15. The van der Waals surface area contributed by atoms with Crippen molar-refractivity contribution in [2.24, 2.45) is 0 Å². The van der Waals surface area contributed by atoms with E-state index in [2.05, 4.69) is 23.7 Å². The van der Waals surface area contributed by atoms with Crippen molar-refractivity contribution < 1.29 is 22.4 Å². The number of benzene rings is 3. The topological polar surface area (TPSA) is 58.4 Å². The molecule has 1 amide bonds. The summed E-state index contributed by atoms with van der Waals surface area (Å²) >= 11 is 0. The smallest absolute Gasteiger partial charge is 0.336 e. The van der Waals surface area contributed by atoms with Crippen LogP contribution in [0.3, 0.4) is 0 Å². The molecule has 10 heteroatoms. The van der Waals surface area contributed by atoms with Crippen LogP contribution in [0.5, 0.6) is 0 Å². The normalized spacial score (nSPS) is 13.0. The molecule has 4 aromatic rings. The predicted molar refractivity (Wildman–Crippen MR) is 176 cm³/mol. The first kappa shape index (κ1) is 33.8. The largest absolute Gasteiger partial charge is 0.416 e. The van der Waals surface area contributed by atoms with Gasteiger partial charge in [0.05, 0.1) is 5.56 Å². The molecule has 1 aromatic heterocycles. The first-order valence-corrected chi connectivity index (χ1v) is 15.9. The van der Waals surface area contributed by atoms with E-state index in [1.807, 2.05) is 28.8 Å². The molecule has 0 N–H and O–H groups in total. The third-order valence-corrected chi connectivity index (χ3v) is 8.66. The molecule has 3 aromatic carbocycles. The second-order valence-electron chi connectivity index (χ2n) is 11.6. The first-order valence-electron chi connectivity index (χ1n) is 15.9. The van der Waals surface area contributed by atoms with Crippen molar-refractivity contribution in [1.82, 2.24) is 19.4 Å². The summed E-state index contributed by atoms with van der Waals surface area (Å²) in [5, 5.41) is 0. The Morgan fingerprint density at radius 1 is 0.872 bits per heavy atom. The maximum atomic E-state index is 14.1. The highest BCUT2D eigenvalue weighted by atomic mass is 19.4. The average Bonchev–Trinajstić information content (AvgIpc) is 3.57. The van der Waals surface area contributed by atoms with Crippen LogP contribution in [0.1, 0.15) is 54.0 Å². The Labute approximate surface area is 272 Å². The number of hydrogen-bond acceptors (Lipinski definition) is 4. The van der Waals surface area contributed by atoms with Gasteiger partial charge in [-0.05, 0) is 84.9 Å². The minimum atomic E-state index is -4.39. The molecule has 0 spiro atoms. The van der Waals surface area contributed by atoms with Crippen LogP contribution in [-0.2, 0) is 36.9 Å². The number of amides is 1. The van der Waals surface area contributed by atoms with E-state index in [-0.39, 0.29) is 23.8 Å². The lowest BCUT2D eigenvalue weighted by Gasteiger charge is -2.28. The predicted octanol–water partition coefficient (Wildman–Crippen LogP) is 7.10. The Bertz CT molecular complexity index is 1760. The third-order valence-electron chi connectivity index (χ3n) is 8.66. The van der Waals surface area contributed by atoms with Crippen LogP contribution in [0.25, 0.3) is 23.3 Å². The average molecular weight is 647 g/mol. The number of alkyl halides is 3. The molecule has 0 saturated heterocycles. The van der Waals surface area contributed by atoms with Crippen LogP contribution < -0.4 is 5.56 Å². The molecule has 0 radical (unpaired) electrons. The van der Waals surface area contributed by atoms with Crippen molar-refractivity contribution >= 4 is 18.1 Å². The number of fused-ring (bicyclic) bond motifs is 1. The third kappa shape index (κ3) is 8.43. The Balaban J connectivity index is 1.40.